The van der Waals surface area contributed by atoms with Gasteiger partial charge in [-0.3, -0.25) is 9.59 Å². The van der Waals surface area contributed by atoms with Crippen LogP contribution in [0.15, 0.2) is 24.3 Å². The highest BCUT2D eigenvalue weighted by atomic mass is 16.5. The molecule has 1 saturated heterocycles. The number of methoxy groups -OCH3 is 1. The molecule has 0 aromatic heterocycles. The van der Waals surface area contributed by atoms with Gasteiger partial charge in [0, 0.05) is 25.4 Å². The Morgan fingerprint density at radius 1 is 1.25 bits per heavy atom. The Labute approximate surface area is 142 Å². The van der Waals surface area contributed by atoms with Crippen molar-refractivity contribution in [3.63, 3.8) is 0 Å². The Kier molecular flexibility index (Phi) is 5.62. The summed E-state index contributed by atoms with van der Waals surface area (Å²) in [5.41, 5.74) is 6.06. The number of hydrogen-bond acceptors (Lipinski definition) is 5. The number of ether oxygens (including phenoxy) is 2. The van der Waals surface area contributed by atoms with E-state index >= 15 is 0 Å². The van der Waals surface area contributed by atoms with E-state index in [1.807, 2.05) is 12.1 Å². The normalized spacial score (nSPS) is 17.2. The molecule has 0 aliphatic carbocycles. The maximum atomic E-state index is 12.6. The summed E-state index contributed by atoms with van der Waals surface area (Å²) in [6.07, 6.45) is 1.26. The minimum Gasteiger partial charge on any atom is -0.468 e. The SMILES string of the molecule is COC(=O)C(C)(C)c1ccc(NC(=O)C2(CN)CCOCC2)cc1. The second-order valence-corrected chi connectivity index (χ2v) is 6.74. The van der Waals surface area contributed by atoms with E-state index in [2.05, 4.69) is 5.32 Å². The lowest BCUT2D eigenvalue weighted by atomic mass is 9.79. The molecule has 0 atom stereocenters. The predicted octanol–water partition coefficient (Wildman–Crippen LogP) is 1.83. The second-order valence-electron chi connectivity index (χ2n) is 6.74. The number of carbonyl (C=O) groups is 2. The molecule has 1 fully saturated rings. The molecule has 0 radical (unpaired) electrons. The van der Waals surface area contributed by atoms with Gasteiger partial charge in [0.05, 0.1) is 17.9 Å². The summed E-state index contributed by atoms with van der Waals surface area (Å²) in [6, 6.07) is 7.24. The van der Waals surface area contributed by atoms with Crippen LogP contribution < -0.4 is 11.1 Å². The first-order chi connectivity index (χ1) is 11.4. The Morgan fingerprint density at radius 3 is 2.33 bits per heavy atom. The largest absolute Gasteiger partial charge is 0.468 e. The van der Waals surface area contributed by atoms with Crippen LogP contribution in [0.25, 0.3) is 0 Å². The van der Waals surface area contributed by atoms with E-state index in [9.17, 15) is 9.59 Å². The molecule has 0 bridgehead atoms. The molecule has 1 aliphatic heterocycles. The molecule has 132 valence electrons. The van der Waals surface area contributed by atoms with Crippen molar-refractivity contribution in [3.05, 3.63) is 29.8 Å². The molecular weight excluding hydrogens is 308 g/mol. The fourth-order valence-corrected chi connectivity index (χ4v) is 2.89. The fourth-order valence-electron chi connectivity index (χ4n) is 2.89. The van der Waals surface area contributed by atoms with Crippen molar-refractivity contribution < 1.29 is 19.1 Å². The molecule has 6 heteroatoms. The minimum atomic E-state index is -0.740. The Balaban J connectivity index is 2.11. The number of nitrogens with two attached hydrogens (primary N) is 1. The van der Waals surface area contributed by atoms with Gasteiger partial charge < -0.3 is 20.5 Å². The number of nitrogens with one attached hydrogen (secondary N) is 1. The van der Waals surface area contributed by atoms with Gasteiger partial charge in [0.1, 0.15) is 0 Å². The van der Waals surface area contributed by atoms with Crippen molar-refractivity contribution in [2.45, 2.75) is 32.1 Å². The molecule has 0 saturated carbocycles. The number of carbonyl (C=O) groups excluding carboxylic acids is 2. The first-order valence-electron chi connectivity index (χ1n) is 8.14. The van der Waals surface area contributed by atoms with E-state index in [0.717, 1.165) is 5.56 Å². The third kappa shape index (κ3) is 3.60. The lowest BCUT2D eigenvalue weighted by molar-refractivity contribution is -0.146. The van der Waals surface area contributed by atoms with Crippen LogP contribution in [0.3, 0.4) is 0 Å². The topological polar surface area (TPSA) is 90.7 Å². The van der Waals surface area contributed by atoms with Crippen LogP contribution in [0.2, 0.25) is 0 Å². The first kappa shape index (κ1) is 18.4. The zero-order chi connectivity index (χ0) is 17.8. The summed E-state index contributed by atoms with van der Waals surface area (Å²) in [6.45, 7) is 5.01. The van der Waals surface area contributed by atoms with Gasteiger partial charge in [0.15, 0.2) is 0 Å². The maximum Gasteiger partial charge on any atom is 0.315 e. The van der Waals surface area contributed by atoms with E-state index in [1.54, 1.807) is 26.0 Å². The van der Waals surface area contributed by atoms with Crippen LogP contribution in [-0.2, 0) is 24.5 Å². The van der Waals surface area contributed by atoms with Gasteiger partial charge in [-0.25, -0.2) is 0 Å². The molecule has 3 N–H and O–H groups in total. The van der Waals surface area contributed by atoms with Gasteiger partial charge in [-0.2, -0.15) is 0 Å². The van der Waals surface area contributed by atoms with Gasteiger partial charge in [-0.15, -0.1) is 0 Å². The summed E-state index contributed by atoms with van der Waals surface area (Å²) < 4.78 is 10.2. The van der Waals surface area contributed by atoms with Gasteiger partial charge in [-0.05, 0) is 44.4 Å². The second kappa shape index (κ2) is 7.32. The van der Waals surface area contributed by atoms with Gasteiger partial charge in [0.2, 0.25) is 5.91 Å². The zero-order valence-corrected chi connectivity index (χ0v) is 14.6. The van der Waals surface area contributed by atoms with E-state index in [1.165, 1.54) is 7.11 Å². The van der Waals surface area contributed by atoms with Crippen LogP contribution in [0, 0.1) is 5.41 Å². The summed E-state index contributed by atoms with van der Waals surface area (Å²) in [5.74, 6) is -0.378. The molecule has 1 heterocycles. The summed E-state index contributed by atoms with van der Waals surface area (Å²) >= 11 is 0. The zero-order valence-electron chi connectivity index (χ0n) is 14.6. The molecular formula is C18H26N2O4. The van der Waals surface area contributed by atoms with Crippen molar-refractivity contribution in [2.75, 3.05) is 32.2 Å². The summed E-state index contributed by atoms with van der Waals surface area (Å²) in [5, 5.41) is 2.93. The third-order valence-corrected chi connectivity index (χ3v) is 4.88. The molecule has 1 amide bonds. The molecule has 2 rings (SSSR count). The molecule has 1 aromatic carbocycles. The highest BCUT2D eigenvalue weighted by molar-refractivity contribution is 5.95. The van der Waals surface area contributed by atoms with E-state index < -0.39 is 10.8 Å². The van der Waals surface area contributed by atoms with E-state index in [0.29, 0.717) is 38.3 Å². The first-order valence-corrected chi connectivity index (χ1v) is 8.14. The van der Waals surface area contributed by atoms with Crippen LogP contribution in [0.4, 0.5) is 5.69 Å². The van der Waals surface area contributed by atoms with Crippen molar-refractivity contribution >= 4 is 17.6 Å². The maximum absolute atomic E-state index is 12.6. The molecule has 6 nitrogen and oxygen atoms in total. The number of anilines is 1. The Morgan fingerprint density at radius 2 is 1.83 bits per heavy atom. The number of esters is 1. The van der Waals surface area contributed by atoms with Crippen molar-refractivity contribution in [1.29, 1.82) is 0 Å². The summed E-state index contributed by atoms with van der Waals surface area (Å²) in [4.78, 5) is 24.5. The molecule has 0 spiro atoms. The standard InChI is InChI=1S/C18H26N2O4/c1-17(2,16(22)23-3)13-4-6-14(7-5-13)20-15(21)18(12-19)8-10-24-11-9-18/h4-7H,8-12,19H2,1-3H3,(H,20,21). The van der Waals surface area contributed by atoms with Gasteiger partial charge >= 0.3 is 5.97 Å². The van der Waals surface area contributed by atoms with Crippen molar-refractivity contribution in [1.82, 2.24) is 0 Å². The van der Waals surface area contributed by atoms with E-state index in [4.69, 9.17) is 15.2 Å². The van der Waals surface area contributed by atoms with Crippen LogP contribution in [-0.4, -0.2) is 38.7 Å². The lowest BCUT2D eigenvalue weighted by Gasteiger charge is -2.34. The van der Waals surface area contributed by atoms with Crippen LogP contribution in [0.1, 0.15) is 32.3 Å². The van der Waals surface area contributed by atoms with Gasteiger partial charge in [0.25, 0.3) is 0 Å². The molecule has 0 unspecified atom stereocenters. The van der Waals surface area contributed by atoms with Crippen LogP contribution in [0.5, 0.6) is 0 Å². The number of benzene rings is 1. The number of hydrogen-bond donors (Lipinski definition) is 2. The monoisotopic (exact) mass is 334 g/mol. The van der Waals surface area contributed by atoms with Crippen LogP contribution >= 0.6 is 0 Å². The molecule has 1 aliphatic rings. The lowest BCUT2D eigenvalue weighted by Crippen LogP contribution is -2.46. The molecule has 1 aromatic rings. The minimum absolute atomic E-state index is 0.0757. The molecule has 24 heavy (non-hydrogen) atoms. The van der Waals surface area contributed by atoms with Crippen molar-refractivity contribution in [2.24, 2.45) is 11.1 Å². The van der Waals surface area contributed by atoms with E-state index in [-0.39, 0.29) is 11.9 Å². The number of amides is 1. The highest BCUT2D eigenvalue weighted by Gasteiger charge is 2.39. The Hall–Kier alpha value is -1.92. The van der Waals surface area contributed by atoms with Gasteiger partial charge in [-0.1, -0.05) is 12.1 Å². The smallest absolute Gasteiger partial charge is 0.315 e. The van der Waals surface area contributed by atoms with Crippen molar-refractivity contribution in [3.8, 4) is 0 Å². The highest BCUT2D eigenvalue weighted by Crippen LogP contribution is 2.31. The quantitative estimate of drug-likeness (QED) is 0.802. The average molecular weight is 334 g/mol. The number of rotatable bonds is 5. The average Bonchev–Trinajstić information content (AvgIpc) is 2.61. The Bertz CT molecular complexity index is 590. The summed E-state index contributed by atoms with van der Waals surface area (Å²) in [7, 11) is 1.37. The third-order valence-electron chi connectivity index (χ3n) is 4.88. The fraction of sp³-hybridized carbons (Fsp3) is 0.556. The predicted molar refractivity (Wildman–Crippen MR) is 91.7 cm³/mol.